The fourth-order valence-corrected chi connectivity index (χ4v) is 10.4. The predicted molar refractivity (Wildman–Crippen MR) is 267 cm³/mol. The maximum Gasteiger partial charge on any atom is 0.140 e. The lowest BCUT2D eigenvalue weighted by Gasteiger charge is -2.19. The molecule has 14 aromatic rings. The van der Waals surface area contributed by atoms with E-state index < -0.39 is 0 Å². The van der Waals surface area contributed by atoms with Gasteiger partial charge in [-0.1, -0.05) is 146 Å². The van der Waals surface area contributed by atoms with Crippen LogP contribution in [0.15, 0.2) is 224 Å². The third-order valence-corrected chi connectivity index (χ3v) is 13.1. The van der Waals surface area contributed by atoms with E-state index in [1.165, 1.54) is 0 Å². The first-order chi connectivity index (χ1) is 33.0. The Morgan fingerprint density at radius 3 is 1.00 bits per heavy atom. The summed E-state index contributed by atoms with van der Waals surface area (Å²) in [5.74, 6) is 0.656. The largest absolute Gasteiger partial charge is 0.309 e. The summed E-state index contributed by atoms with van der Waals surface area (Å²) in [5, 5.41) is 8.55. The van der Waals surface area contributed by atoms with Crippen molar-refractivity contribution in [3.63, 3.8) is 0 Å². The lowest BCUT2D eigenvalue weighted by molar-refractivity contribution is 1.06. The van der Waals surface area contributed by atoms with Crippen LogP contribution in [0.4, 0.5) is 0 Å². The maximum absolute atomic E-state index is 10.7. The van der Waals surface area contributed by atoms with Gasteiger partial charge in [-0.05, 0) is 72.7 Å². The van der Waals surface area contributed by atoms with Gasteiger partial charge in [-0.2, -0.15) is 0 Å². The van der Waals surface area contributed by atoms with Crippen molar-refractivity contribution in [2.24, 2.45) is 0 Å². The number of aromatic nitrogens is 5. The molecule has 64 heavy (non-hydrogen) atoms. The molecule has 0 bridgehead atoms. The monoisotopic (exact) mass is 818 g/mol. The minimum Gasteiger partial charge on any atom is -0.309 e. The second-order valence-corrected chi connectivity index (χ2v) is 16.5. The summed E-state index contributed by atoms with van der Waals surface area (Å²) in [6.45, 7) is 0. The van der Waals surface area contributed by atoms with Gasteiger partial charge in [-0.25, -0.2) is 4.98 Å². The van der Waals surface area contributed by atoms with Crippen molar-refractivity contribution in [3.05, 3.63) is 224 Å². The first-order valence-corrected chi connectivity index (χ1v) is 21.7. The second kappa shape index (κ2) is 13.4. The van der Waals surface area contributed by atoms with Crippen LogP contribution in [0.25, 0.3) is 121 Å². The SMILES string of the molecule is [2H]c1c([2H])c(-n2c3ccccc3c3ccccc32)c([2H])c(-n2c3ccccc3c3ccccc32)c1-c1cc(-n2c3ccccc3c3ccccc32)cc(-n2c3ccccc3c3ccccc32)n1. The lowest BCUT2D eigenvalue weighted by atomic mass is 10.1. The molecule has 0 aliphatic carbocycles. The molecule has 0 aliphatic heterocycles. The molecule has 0 saturated carbocycles. The van der Waals surface area contributed by atoms with E-state index in [9.17, 15) is 4.11 Å². The Bertz CT molecular complexity index is 4050. The summed E-state index contributed by atoms with van der Waals surface area (Å²) < 4.78 is 39.9. The average molecular weight is 819 g/mol. The van der Waals surface area contributed by atoms with E-state index in [0.717, 1.165) is 92.9 Å². The van der Waals surface area contributed by atoms with Crippen LogP contribution in [0.1, 0.15) is 4.11 Å². The molecule has 0 atom stereocenters. The fraction of sp³-hybridized carbons (Fsp3) is 0. The highest BCUT2D eigenvalue weighted by Crippen LogP contribution is 2.41. The van der Waals surface area contributed by atoms with Crippen LogP contribution >= 0.6 is 0 Å². The van der Waals surface area contributed by atoms with Gasteiger partial charge in [0.1, 0.15) is 5.82 Å². The minimum absolute atomic E-state index is 0.0234. The Kier molecular flexibility index (Phi) is 6.73. The van der Waals surface area contributed by atoms with Crippen molar-refractivity contribution >= 4 is 87.2 Å². The Hall–Kier alpha value is -8.67. The molecular formula is C59H37N5. The number of fused-ring (bicyclic) bond motifs is 12. The molecule has 0 radical (unpaired) electrons. The maximum atomic E-state index is 10.7. The van der Waals surface area contributed by atoms with Gasteiger partial charge in [0.15, 0.2) is 0 Å². The normalized spacial score (nSPS) is 12.7. The Morgan fingerprint density at radius 2 is 0.625 bits per heavy atom. The van der Waals surface area contributed by atoms with E-state index in [4.69, 9.17) is 4.98 Å². The van der Waals surface area contributed by atoms with E-state index in [1.54, 1.807) is 0 Å². The number of hydrogen-bond donors (Lipinski definition) is 0. The van der Waals surface area contributed by atoms with Crippen molar-refractivity contribution in [1.29, 1.82) is 0 Å². The third kappa shape index (κ3) is 4.92. The van der Waals surface area contributed by atoms with Crippen LogP contribution in [-0.2, 0) is 0 Å². The van der Waals surface area contributed by atoms with Gasteiger partial charge < -0.3 is 13.7 Å². The van der Waals surface area contributed by atoms with Gasteiger partial charge in [0.05, 0.1) is 65.3 Å². The van der Waals surface area contributed by atoms with Crippen molar-refractivity contribution in [2.75, 3.05) is 0 Å². The lowest BCUT2D eigenvalue weighted by Crippen LogP contribution is -2.05. The summed E-state index contributed by atoms with van der Waals surface area (Å²) in [5.41, 5.74) is 10.1. The van der Waals surface area contributed by atoms with Crippen molar-refractivity contribution < 1.29 is 4.11 Å². The molecular weight excluding hydrogens is 779 g/mol. The quantitative estimate of drug-likeness (QED) is 0.170. The number of hydrogen-bond acceptors (Lipinski definition) is 1. The standard InChI is InChI=1S/C59H37N5/c1-9-25-50-40(17-1)41-18-2-10-26-51(41)61(50)38-33-34-48(58(36-38)63-54-29-13-5-21-44(54)45-22-6-14-30-55(45)63)49-35-39(62-52-27-11-3-19-42(52)43-20-4-12-28-53(43)62)37-59(60-49)64-56-31-15-7-23-46(56)47-24-8-16-32-57(47)64/h1-37H/i33D,34D,36D. The van der Waals surface area contributed by atoms with Crippen molar-refractivity contribution in [1.82, 2.24) is 23.3 Å². The molecule has 0 fully saturated rings. The summed E-state index contributed by atoms with van der Waals surface area (Å²) in [7, 11) is 0. The van der Waals surface area contributed by atoms with Crippen LogP contribution in [0.2, 0.25) is 0 Å². The van der Waals surface area contributed by atoms with Crippen molar-refractivity contribution in [2.45, 2.75) is 0 Å². The average Bonchev–Trinajstić information content (AvgIpc) is 4.11. The third-order valence-electron chi connectivity index (χ3n) is 13.1. The Balaban J connectivity index is 1.18. The number of nitrogens with zero attached hydrogens (tertiary/aromatic N) is 5. The first kappa shape index (κ1) is 32.1. The highest BCUT2D eigenvalue weighted by Gasteiger charge is 2.23. The molecule has 0 amide bonds. The molecule has 9 aromatic carbocycles. The summed E-state index contributed by atoms with van der Waals surface area (Å²) in [6.07, 6.45) is 0. The Morgan fingerprint density at radius 1 is 0.312 bits per heavy atom. The summed E-state index contributed by atoms with van der Waals surface area (Å²) >= 11 is 0. The van der Waals surface area contributed by atoms with Crippen LogP contribution in [0.5, 0.6) is 0 Å². The van der Waals surface area contributed by atoms with Gasteiger partial charge in [0.25, 0.3) is 0 Å². The molecule has 5 nitrogen and oxygen atoms in total. The number of pyridine rings is 1. The smallest absolute Gasteiger partial charge is 0.140 e. The zero-order valence-electron chi connectivity index (χ0n) is 37.4. The van der Waals surface area contributed by atoms with Crippen LogP contribution in [0.3, 0.4) is 0 Å². The van der Waals surface area contributed by atoms with Gasteiger partial charge in [-0.3, -0.25) is 4.57 Å². The fourth-order valence-electron chi connectivity index (χ4n) is 10.4. The highest BCUT2D eigenvalue weighted by molar-refractivity contribution is 6.13. The summed E-state index contributed by atoms with van der Waals surface area (Å²) in [6, 6.07) is 70.8. The molecule has 0 saturated heterocycles. The molecule has 0 N–H and O–H groups in total. The zero-order chi connectivity index (χ0) is 44.5. The Labute approximate surface area is 371 Å². The van der Waals surface area contributed by atoms with Crippen LogP contribution < -0.4 is 0 Å². The van der Waals surface area contributed by atoms with Crippen LogP contribution in [-0.4, -0.2) is 23.3 Å². The van der Waals surface area contributed by atoms with E-state index in [0.29, 0.717) is 28.5 Å². The molecule has 5 aromatic heterocycles. The molecule has 0 aliphatic rings. The van der Waals surface area contributed by atoms with Gasteiger partial charge in [0.2, 0.25) is 0 Å². The first-order valence-electron chi connectivity index (χ1n) is 23.2. The van der Waals surface area contributed by atoms with E-state index in [-0.39, 0.29) is 18.1 Å². The molecule has 14 rings (SSSR count). The van der Waals surface area contributed by atoms with E-state index in [1.807, 2.05) is 65.2 Å². The van der Waals surface area contributed by atoms with E-state index >= 15 is 0 Å². The predicted octanol–water partition coefficient (Wildman–Crippen LogP) is 15.1. The molecule has 298 valence electrons. The number of para-hydroxylation sites is 8. The zero-order valence-corrected chi connectivity index (χ0v) is 34.4. The number of rotatable bonds is 5. The number of benzene rings is 9. The topological polar surface area (TPSA) is 32.6 Å². The molecule has 0 spiro atoms. The molecule has 5 heteroatoms. The molecule has 0 unspecified atom stereocenters. The van der Waals surface area contributed by atoms with Gasteiger partial charge in [-0.15, -0.1) is 0 Å². The van der Waals surface area contributed by atoms with E-state index in [2.05, 4.69) is 159 Å². The van der Waals surface area contributed by atoms with Gasteiger partial charge in [0, 0.05) is 60.4 Å². The van der Waals surface area contributed by atoms with Gasteiger partial charge >= 0.3 is 0 Å². The summed E-state index contributed by atoms with van der Waals surface area (Å²) in [4.78, 5) is 5.63. The van der Waals surface area contributed by atoms with Crippen LogP contribution in [0, 0.1) is 0 Å². The highest BCUT2D eigenvalue weighted by atomic mass is 15.1. The minimum atomic E-state index is -0.0569. The molecule has 5 heterocycles. The second-order valence-electron chi connectivity index (χ2n) is 16.5. The van der Waals surface area contributed by atoms with Crippen molar-refractivity contribution in [3.8, 4) is 34.1 Å².